The molecular formula is C14H25N3. The van der Waals surface area contributed by atoms with Crippen molar-refractivity contribution >= 4 is 0 Å². The monoisotopic (exact) mass is 235 g/mol. The summed E-state index contributed by atoms with van der Waals surface area (Å²) in [5.41, 5.74) is 8.90. The lowest BCUT2D eigenvalue weighted by Crippen LogP contribution is -2.52. The summed E-state index contributed by atoms with van der Waals surface area (Å²) in [6.45, 7) is 13.2. The first kappa shape index (κ1) is 12.6. The molecule has 0 radical (unpaired) electrons. The largest absolute Gasteiger partial charge is 0.327 e. The molecule has 1 aromatic heterocycles. The second-order valence-corrected chi connectivity index (χ2v) is 7.00. The summed E-state index contributed by atoms with van der Waals surface area (Å²) in [5, 5.41) is 4.65. The lowest BCUT2D eigenvalue weighted by molar-refractivity contribution is 0.0978. The van der Waals surface area contributed by atoms with Crippen LogP contribution in [-0.2, 0) is 5.54 Å². The summed E-state index contributed by atoms with van der Waals surface area (Å²) in [7, 11) is 0. The number of aromatic nitrogens is 2. The number of hydrogen-bond acceptors (Lipinski definition) is 2. The van der Waals surface area contributed by atoms with Crippen molar-refractivity contribution in [1.82, 2.24) is 9.78 Å². The first-order valence-corrected chi connectivity index (χ1v) is 6.46. The topological polar surface area (TPSA) is 43.8 Å². The Bertz CT molecular complexity index is 423. The molecule has 1 heterocycles. The normalized spacial score (nSPS) is 27.9. The Morgan fingerprint density at radius 1 is 1.41 bits per heavy atom. The van der Waals surface area contributed by atoms with Gasteiger partial charge < -0.3 is 5.73 Å². The first-order valence-electron chi connectivity index (χ1n) is 6.46. The number of rotatable bonds is 1. The van der Waals surface area contributed by atoms with Crippen molar-refractivity contribution in [3.63, 3.8) is 0 Å². The summed E-state index contributed by atoms with van der Waals surface area (Å²) in [4.78, 5) is 0. The number of nitrogens with two attached hydrogens (primary N) is 1. The third-order valence-electron chi connectivity index (χ3n) is 4.34. The molecule has 1 aliphatic carbocycles. The molecule has 0 aromatic carbocycles. The molecule has 3 heteroatoms. The maximum absolute atomic E-state index is 6.10. The zero-order chi connectivity index (χ0) is 13.0. The number of nitrogens with zero attached hydrogens (tertiary/aromatic N) is 2. The van der Waals surface area contributed by atoms with Crippen molar-refractivity contribution in [2.75, 3.05) is 0 Å². The molecule has 0 bridgehead atoms. The van der Waals surface area contributed by atoms with Crippen LogP contribution in [-0.4, -0.2) is 15.8 Å². The minimum atomic E-state index is 0.0546. The molecular weight excluding hydrogens is 210 g/mol. The fourth-order valence-electron chi connectivity index (χ4n) is 2.65. The zero-order valence-corrected chi connectivity index (χ0v) is 11.9. The molecule has 2 rings (SSSR count). The van der Waals surface area contributed by atoms with Crippen LogP contribution in [0.25, 0.3) is 0 Å². The quantitative estimate of drug-likeness (QED) is 0.813. The van der Waals surface area contributed by atoms with E-state index in [4.69, 9.17) is 5.73 Å². The van der Waals surface area contributed by atoms with Crippen LogP contribution < -0.4 is 5.73 Å². The van der Waals surface area contributed by atoms with E-state index in [1.807, 2.05) is 0 Å². The second-order valence-electron chi connectivity index (χ2n) is 7.00. The smallest absolute Gasteiger partial charge is 0.0628 e. The third-order valence-corrected chi connectivity index (χ3v) is 4.34. The van der Waals surface area contributed by atoms with Crippen molar-refractivity contribution in [3.05, 3.63) is 17.5 Å². The molecule has 0 aliphatic heterocycles. The average molecular weight is 235 g/mol. The van der Waals surface area contributed by atoms with Crippen molar-refractivity contribution in [3.8, 4) is 0 Å². The van der Waals surface area contributed by atoms with E-state index >= 15 is 0 Å². The molecule has 1 fully saturated rings. The lowest BCUT2D eigenvalue weighted by Gasteiger charge is -2.50. The highest BCUT2D eigenvalue weighted by Crippen LogP contribution is 2.52. The van der Waals surface area contributed by atoms with Crippen LogP contribution in [0.4, 0.5) is 0 Å². The standard InChI is InChI=1S/C14H25N3/c1-9-10(8-17(16-9)13(2,3)4)11-7-12(15)14(11,5)6/h8,11-12H,7,15H2,1-6H3. The summed E-state index contributed by atoms with van der Waals surface area (Å²) in [6, 6.07) is 0.324. The van der Waals surface area contributed by atoms with Gasteiger partial charge in [-0.1, -0.05) is 13.8 Å². The van der Waals surface area contributed by atoms with E-state index in [0.717, 1.165) is 12.1 Å². The minimum absolute atomic E-state index is 0.0546. The van der Waals surface area contributed by atoms with Crippen LogP contribution in [0.15, 0.2) is 6.20 Å². The van der Waals surface area contributed by atoms with Gasteiger partial charge in [-0.25, -0.2) is 0 Å². The van der Waals surface area contributed by atoms with Gasteiger partial charge in [-0.3, -0.25) is 4.68 Å². The molecule has 17 heavy (non-hydrogen) atoms. The van der Waals surface area contributed by atoms with Gasteiger partial charge in [-0.05, 0) is 51.0 Å². The Labute approximate surface area is 104 Å². The second kappa shape index (κ2) is 3.58. The van der Waals surface area contributed by atoms with E-state index < -0.39 is 0 Å². The van der Waals surface area contributed by atoms with E-state index in [0.29, 0.717) is 12.0 Å². The first-order chi connectivity index (χ1) is 7.64. The fourth-order valence-corrected chi connectivity index (χ4v) is 2.65. The molecule has 1 saturated carbocycles. The Balaban J connectivity index is 2.33. The Kier molecular flexibility index (Phi) is 2.66. The SMILES string of the molecule is Cc1nn(C(C)(C)C)cc1C1CC(N)C1(C)C. The van der Waals surface area contributed by atoms with E-state index in [1.165, 1.54) is 5.56 Å². The van der Waals surface area contributed by atoms with Gasteiger partial charge >= 0.3 is 0 Å². The average Bonchev–Trinajstić information content (AvgIpc) is 2.56. The molecule has 1 aliphatic rings. The van der Waals surface area contributed by atoms with Gasteiger partial charge in [0, 0.05) is 12.2 Å². The van der Waals surface area contributed by atoms with Gasteiger partial charge in [0.05, 0.1) is 11.2 Å². The molecule has 0 amide bonds. The highest BCUT2D eigenvalue weighted by molar-refractivity contribution is 5.28. The summed E-state index contributed by atoms with van der Waals surface area (Å²) >= 11 is 0. The molecule has 1 aromatic rings. The molecule has 0 saturated heterocycles. The van der Waals surface area contributed by atoms with Gasteiger partial charge in [0.1, 0.15) is 0 Å². The van der Waals surface area contributed by atoms with Crippen LogP contribution in [0.3, 0.4) is 0 Å². The Morgan fingerprint density at radius 3 is 2.35 bits per heavy atom. The summed E-state index contributed by atoms with van der Waals surface area (Å²) in [5.74, 6) is 0.564. The minimum Gasteiger partial charge on any atom is -0.327 e. The van der Waals surface area contributed by atoms with E-state index in [-0.39, 0.29) is 11.0 Å². The van der Waals surface area contributed by atoms with Gasteiger partial charge in [-0.2, -0.15) is 5.10 Å². The molecule has 3 nitrogen and oxygen atoms in total. The van der Waals surface area contributed by atoms with Crippen molar-refractivity contribution in [2.24, 2.45) is 11.1 Å². The predicted molar refractivity (Wildman–Crippen MR) is 71.1 cm³/mol. The van der Waals surface area contributed by atoms with E-state index in [9.17, 15) is 0 Å². The van der Waals surface area contributed by atoms with Crippen molar-refractivity contribution < 1.29 is 0 Å². The van der Waals surface area contributed by atoms with E-state index in [2.05, 4.69) is 57.5 Å². The van der Waals surface area contributed by atoms with Crippen LogP contribution in [0, 0.1) is 12.3 Å². The van der Waals surface area contributed by atoms with Gasteiger partial charge in [0.25, 0.3) is 0 Å². The lowest BCUT2D eigenvalue weighted by atomic mass is 9.57. The molecule has 2 atom stereocenters. The van der Waals surface area contributed by atoms with Crippen molar-refractivity contribution in [1.29, 1.82) is 0 Å². The van der Waals surface area contributed by atoms with Crippen LogP contribution in [0.5, 0.6) is 0 Å². The Hall–Kier alpha value is -0.830. The van der Waals surface area contributed by atoms with Crippen molar-refractivity contribution in [2.45, 2.75) is 65.5 Å². The zero-order valence-electron chi connectivity index (χ0n) is 11.9. The Morgan fingerprint density at radius 2 is 2.00 bits per heavy atom. The van der Waals surface area contributed by atoms with Gasteiger partial charge in [0.2, 0.25) is 0 Å². The predicted octanol–water partition coefficient (Wildman–Crippen LogP) is 2.79. The van der Waals surface area contributed by atoms with E-state index in [1.54, 1.807) is 0 Å². The molecule has 0 spiro atoms. The molecule has 2 unspecified atom stereocenters. The van der Waals surface area contributed by atoms with Crippen LogP contribution in [0.2, 0.25) is 0 Å². The van der Waals surface area contributed by atoms with Crippen LogP contribution >= 0.6 is 0 Å². The maximum Gasteiger partial charge on any atom is 0.0628 e. The highest BCUT2D eigenvalue weighted by Gasteiger charge is 2.47. The number of hydrogen-bond donors (Lipinski definition) is 1. The molecule has 2 N–H and O–H groups in total. The fraction of sp³-hybridized carbons (Fsp3) is 0.786. The maximum atomic E-state index is 6.10. The highest BCUT2D eigenvalue weighted by atomic mass is 15.3. The summed E-state index contributed by atoms with van der Waals surface area (Å²) < 4.78 is 2.08. The third kappa shape index (κ3) is 1.90. The number of aryl methyl sites for hydroxylation is 1. The van der Waals surface area contributed by atoms with Gasteiger partial charge in [-0.15, -0.1) is 0 Å². The summed E-state index contributed by atoms with van der Waals surface area (Å²) in [6.07, 6.45) is 3.30. The van der Waals surface area contributed by atoms with Gasteiger partial charge in [0.15, 0.2) is 0 Å². The molecule has 96 valence electrons. The van der Waals surface area contributed by atoms with Crippen LogP contribution in [0.1, 0.15) is 58.2 Å².